The molecule has 4 heteroatoms. The van der Waals surface area contributed by atoms with E-state index < -0.39 is 0 Å². The summed E-state index contributed by atoms with van der Waals surface area (Å²) in [6.07, 6.45) is 2.44. The highest BCUT2D eigenvalue weighted by molar-refractivity contribution is 6.33. The number of methoxy groups -OCH3 is 1. The number of anilines is 1. The molecule has 0 aliphatic carbocycles. The van der Waals surface area contributed by atoms with Crippen molar-refractivity contribution in [3.63, 3.8) is 0 Å². The van der Waals surface area contributed by atoms with Crippen molar-refractivity contribution in [3.05, 3.63) is 28.8 Å². The third kappa shape index (κ3) is 3.16. The first-order valence-corrected chi connectivity index (χ1v) is 6.84. The molecule has 0 amide bonds. The van der Waals surface area contributed by atoms with Crippen molar-refractivity contribution in [2.24, 2.45) is 11.7 Å². The zero-order chi connectivity index (χ0) is 13.0. The summed E-state index contributed by atoms with van der Waals surface area (Å²) in [5.74, 6) is 0.606. The number of nitrogens with zero attached hydrogens (tertiary/aromatic N) is 1. The number of halogens is 1. The Bertz CT molecular complexity index is 395. The Morgan fingerprint density at radius 2 is 2.33 bits per heavy atom. The molecule has 2 N–H and O–H groups in total. The van der Waals surface area contributed by atoms with Crippen LogP contribution < -0.4 is 10.6 Å². The summed E-state index contributed by atoms with van der Waals surface area (Å²) in [5, 5.41) is 0.802. The Morgan fingerprint density at radius 1 is 1.50 bits per heavy atom. The van der Waals surface area contributed by atoms with Crippen LogP contribution in [-0.4, -0.2) is 26.8 Å². The van der Waals surface area contributed by atoms with E-state index in [2.05, 4.69) is 17.0 Å². The Kier molecular flexibility index (Phi) is 4.87. The largest absolute Gasteiger partial charge is 0.384 e. The minimum atomic E-state index is 0.534. The fraction of sp³-hybridized carbons (Fsp3) is 0.571. The lowest BCUT2D eigenvalue weighted by Gasteiger charge is -2.34. The Balaban J connectivity index is 2.10. The molecule has 3 nitrogen and oxygen atoms in total. The van der Waals surface area contributed by atoms with E-state index in [0.717, 1.165) is 36.0 Å². The van der Waals surface area contributed by atoms with Crippen molar-refractivity contribution in [1.82, 2.24) is 0 Å². The second kappa shape index (κ2) is 6.41. The van der Waals surface area contributed by atoms with Gasteiger partial charge in [-0.3, -0.25) is 0 Å². The lowest BCUT2D eigenvalue weighted by molar-refractivity contribution is 0.143. The molecule has 1 fully saturated rings. The van der Waals surface area contributed by atoms with Crippen LogP contribution in [0.2, 0.25) is 5.02 Å². The molecular weight excluding hydrogens is 248 g/mol. The summed E-state index contributed by atoms with van der Waals surface area (Å²) in [5.41, 5.74) is 7.82. The minimum Gasteiger partial charge on any atom is -0.384 e. The van der Waals surface area contributed by atoms with Gasteiger partial charge in [0.2, 0.25) is 0 Å². The molecular formula is C14H21ClN2O. The van der Waals surface area contributed by atoms with E-state index in [9.17, 15) is 0 Å². The zero-order valence-electron chi connectivity index (χ0n) is 10.9. The second-order valence-corrected chi connectivity index (χ2v) is 5.31. The number of ether oxygens (including phenoxy) is 1. The van der Waals surface area contributed by atoms with Gasteiger partial charge in [-0.15, -0.1) is 0 Å². The van der Waals surface area contributed by atoms with Crippen LogP contribution in [0.1, 0.15) is 18.4 Å². The number of piperidine rings is 1. The van der Waals surface area contributed by atoms with Gasteiger partial charge in [0.15, 0.2) is 0 Å². The first kappa shape index (κ1) is 13.7. The SMILES string of the molecule is COCC1CCCN(c2ccc(CN)cc2Cl)C1. The zero-order valence-corrected chi connectivity index (χ0v) is 11.6. The molecule has 0 saturated carbocycles. The average Bonchev–Trinajstić information content (AvgIpc) is 2.39. The lowest BCUT2D eigenvalue weighted by atomic mass is 9.98. The summed E-state index contributed by atoms with van der Waals surface area (Å²) >= 11 is 6.34. The van der Waals surface area contributed by atoms with Gasteiger partial charge in [0.05, 0.1) is 17.3 Å². The van der Waals surface area contributed by atoms with Crippen LogP contribution >= 0.6 is 11.6 Å². The van der Waals surface area contributed by atoms with Gasteiger partial charge in [-0.05, 0) is 36.5 Å². The van der Waals surface area contributed by atoms with Gasteiger partial charge in [0.1, 0.15) is 0 Å². The Morgan fingerprint density at radius 3 is 3.00 bits per heavy atom. The van der Waals surface area contributed by atoms with Gasteiger partial charge < -0.3 is 15.4 Å². The van der Waals surface area contributed by atoms with E-state index in [4.69, 9.17) is 22.1 Å². The molecule has 1 aliphatic heterocycles. The second-order valence-electron chi connectivity index (χ2n) is 4.90. The van der Waals surface area contributed by atoms with Crippen molar-refractivity contribution < 1.29 is 4.74 Å². The number of rotatable bonds is 4. The smallest absolute Gasteiger partial charge is 0.0642 e. The van der Waals surface area contributed by atoms with Gasteiger partial charge in [-0.1, -0.05) is 17.7 Å². The van der Waals surface area contributed by atoms with Crippen LogP contribution in [0.4, 0.5) is 5.69 Å². The normalized spacial score (nSPS) is 20.2. The molecule has 1 saturated heterocycles. The van der Waals surface area contributed by atoms with Crippen molar-refractivity contribution in [1.29, 1.82) is 0 Å². The highest BCUT2D eigenvalue weighted by atomic mass is 35.5. The number of hydrogen-bond donors (Lipinski definition) is 1. The molecule has 1 atom stereocenters. The fourth-order valence-electron chi connectivity index (χ4n) is 2.59. The summed E-state index contributed by atoms with van der Waals surface area (Å²) in [6, 6.07) is 6.11. The quantitative estimate of drug-likeness (QED) is 0.912. The highest BCUT2D eigenvalue weighted by Crippen LogP contribution is 2.30. The summed E-state index contributed by atoms with van der Waals surface area (Å²) in [4.78, 5) is 2.36. The molecule has 0 spiro atoms. The van der Waals surface area contributed by atoms with Gasteiger partial charge >= 0.3 is 0 Å². The summed E-state index contributed by atoms with van der Waals surface area (Å²) in [7, 11) is 1.77. The van der Waals surface area contributed by atoms with Crippen molar-refractivity contribution in [2.45, 2.75) is 19.4 Å². The molecule has 0 aromatic heterocycles. The van der Waals surface area contributed by atoms with Crippen molar-refractivity contribution >= 4 is 17.3 Å². The number of benzene rings is 1. The van der Waals surface area contributed by atoms with Crippen LogP contribution in [-0.2, 0) is 11.3 Å². The third-order valence-electron chi connectivity index (χ3n) is 3.51. The first-order valence-electron chi connectivity index (χ1n) is 6.47. The maximum atomic E-state index is 6.34. The van der Waals surface area contributed by atoms with E-state index >= 15 is 0 Å². The van der Waals surface area contributed by atoms with Crippen molar-refractivity contribution in [3.8, 4) is 0 Å². The predicted octanol–water partition coefficient (Wildman–Crippen LogP) is 2.66. The van der Waals surface area contributed by atoms with Gasteiger partial charge in [-0.25, -0.2) is 0 Å². The molecule has 1 aromatic carbocycles. The van der Waals surface area contributed by atoms with E-state index in [1.165, 1.54) is 12.8 Å². The van der Waals surface area contributed by atoms with E-state index in [1.54, 1.807) is 7.11 Å². The van der Waals surface area contributed by atoms with Crippen molar-refractivity contribution in [2.75, 3.05) is 31.7 Å². The van der Waals surface area contributed by atoms with Crippen LogP contribution in [0.5, 0.6) is 0 Å². The fourth-order valence-corrected chi connectivity index (χ4v) is 2.91. The molecule has 2 rings (SSSR count). The lowest BCUT2D eigenvalue weighted by Crippen LogP contribution is -2.37. The maximum Gasteiger partial charge on any atom is 0.0642 e. The molecule has 0 radical (unpaired) electrons. The van der Waals surface area contributed by atoms with Crippen LogP contribution in [0.25, 0.3) is 0 Å². The van der Waals surface area contributed by atoms with Crippen LogP contribution in [0, 0.1) is 5.92 Å². The molecule has 1 aliphatic rings. The monoisotopic (exact) mass is 268 g/mol. The van der Waals surface area contributed by atoms with E-state index in [-0.39, 0.29) is 0 Å². The average molecular weight is 269 g/mol. The number of hydrogen-bond acceptors (Lipinski definition) is 3. The van der Waals surface area contributed by atoms with Crippen LogP contribution in [0.15, 0.2) is 18.2 Å². The molecule has 0 bridgehead atoms. The third-order valence-corrected chi connectivity index (χ3v) is 3.81. The van der Waals surface area contributed by atoms with Crippen LogP contribution in [0.3, 0.4) is 0 Å². The standard InChI is InChI=1S/C14H21ClN2O/c1-18-10-12-3-2-6-17(9-12)14-5-4-11(8-16)7-13(14)15/h4-5,7,12H,2-3,6,8-10,16H2,1H3. The topological polar surface area (TPSA) is 38.5 Å². The molecule has 1 unspecified atom stereocenters. The maximum absolute atomic E-state index is 6.34. The van der Waals surface area contributed by atoms with E-state index in [1.807, 2.05) is 6.07 Å². The Labute approximate surface area is 114 Å². The highest BCUT2D eigenvalue weighted by Gasteiger charge is 2.21. The minimum absolute atomic E-state index is 0.534. The van der Waals surface area contributed by atoms with Gasteiger partial charge in [0.25, 0.3) is 0 Å². The van der Waals surface area contributed by atoms with Gasteiger partial charge in [0, 0.05) is 26.7 Å². The number of nitrogens with two attached hydrogens (primary N) is 1. The molecule has 1 heterocycles. The molecule has 100 valence electrons. The predicted molar refractivity (Wildman–Crippen MR) is 76.2 cm³/mol. The summed E-state index contributed by atoms with van der Waals surface area (Å²) < 4.78 is 5.26. The Hall–Kier alpha value is -0.770. The first-order chi connectivity index (χ1) is 8.74. The summed E-state index contributed by atoms with van der Waals surface area (Å²) in [6.45, 7) is 3.46. The molecule has 18 heavy (non-hydrogen) atoms. The van der Waals surface area contributed by atoms with E-state index in [0.29, 0.717) is 12.5 Å². The van der Waals surface area contributed by atoms with Gasteiger partial charge in [-0.2, -0.15) is 0 Å². The molecule has 1 aromatic rings.